The van der Waals surface area contributed by atoms with Crippen molar-refractivity contribution in [1.82, 2.24) is 10.1 Å². The fraction of sp³-hybridized carbons (Fsp3) is 0. The third-order valence-electron chi connectivity index (χ3n) is 1.84. The zero-order valence-electron chi connectivity index (χ0n) is 7.79. The van der Waals surface area contributed by atoms with Crippen LogP contribution in [0.2, 0.25) is 0 Å². The summed E-state index contributed by atoms with van der Waals surface area (Å²) >= 11 is 0. The number of hydrogen-bond donors (Lipinski definition) is 0. The maximum Gasteiger partial charge on any atom is 0.214 e. The maximum atomic E-state index is 8.61. The summed E-state index contributed by atoms with van der Waals surface area (Å²) in [5.41, 5.74) is 1.63. The smallest absolute Gasteiger partial charge is 0.214 e. The summed E-state index contributed by atoms with van der Waals surface area (Å²) in [4.78, 5) is 3.85. The predicted molar refractivity (Wildman–Crippen MR) is 54.4 cm³/mol. The minimum absolute atomic E-state index is 0.527. The van der Waals surface area contributed by atoms with Gasteiger partial charge in [-0.1, -0.05) is 23.4 Å². The molecule has 0 fully saturated rings. The second kappa shape index (κ2) is 4.20. The average Bonchev–Trinajstić information content (AvgIpc) is 2.80. The van der Waals surface area contributed by atoms with Crippen molar-refractivity contribution in [2.45, 2.75) is 0 Å². The van der Waals surface area contributed by atoms with Gasteiger partial charge in [0.25, 0.3) is 0 Å². The van der Waals surface area contributed by atoms with Gasteiger partial charge in [0.2, 0.25) is 6.39 Å². The van der Waals surface area contributed by atoms with Crippen LogP contribution < -0.4 is 0 Å². The molecule has 1 heterocycles. The van der Waals surface area contributed by atoms with Crippen LogP contribution >= 0.6 is 0 Å². The lowest BCUT2D eigenvalue weighted by atomic mass is 10.1. The topological polar surface area (TPSA) is 62.7 Å². The van der Waals surface area contributed by atoms with Crippen molar-refractivity contribution in [3.63, 3.8) is 0 Å². The first-order valence-corrected chi connectivity index (χ1v) is 4.33. The Morgan fingerprint density at radius 3 is 2.60 bits per heavy atom. The molecule has 0 saturated heterocycles. The van der Waals surface area contributed by atoms with Crippen LogP contribution in [-0.2, 0) is 0 Å². The van der Waals surface area contributed by atoms with E-state index in [1.165, 1.54) is 6.39 Å². The summed E-state index contributed by atoms with van der Waals surface area (Å²) < 4.78 is 4.58. The second-order valence-electron chi connectivity index (χ2n) is 2.86. The lowest BCUT2D eigenvalue weighted by molar-refractivity contribution is 0.415. The van der Waals surface area contributed by atoms with E-state index in [1.807, 2.05) is 18.2 Å². The summed E-state index contributed by atoms with van der Waals surface area (Å²) in [5.74, 6) is 0.527. The highest BCUT2D eigenvalue weighted by molar-refractivity contribution is 5.66. The molecule has 0 atom stereocenters. The normalized spacial score (nSPS) is 10.3. The molecule has 4 nitrogen and oxygen atoms in total. The summed E-state index contributed by atoms with van der Waals surface area (Å²) in [7, 11) is 0. The van der Waals surface area contributed by atoms with Gasteiger partial charge < -0.3 is 4.52 Å². The van der Waals surface area contributed by atoms with E-state index >= 15 is 0 Å². The van der Waals surface area contributed by atoms with Crippen molar-refractivity contribution < 1.29 is 4.52 Å². The molecule has 0 saturated carbocycles. The number of aromatic nitrogens is 2. The van der Waals surface area contributed by atoms with E-state index in [0.29, 0.717) is 11.4 Å². The van der Waals surface area contributed by atoms with Gasteiger partial charge >= 0.3 is 0 Å². The number of nitrogens with zero attached hydrogens (tertiary/aromatic N) is 3. The third-order valence-corrected chi connectivity index (χ3v) is 1.84. The van der Waals surface area contributed by atoms with Crippen molar-refractivity contribution >= 4 is 12.2 Å². The van der Waals surface area contributed by atoms with E-state index in [-0.39, 0.29) is 0 Å². The van der Waals surface area contributed by atoms with E-state index in [2.05, 4.69) is 20.7 Å². The van der Waals surface area contributed by atoms with E-state index < -0.39 is 0 Å². The van der Waals surface area contributed by atoms with Gasteiger partial charge in [0.15, 0.2) is 5.82 Å². The Kier molecular flexibility index (Phi) is 2.56. The highest BCUT2D eigenvalue weighted by Gasteiger charge is 1.92. The number of rotatable bonds is 2. The Balaban J connectivity index is 2.15. The quantitative estimate of drug-likeness (QED) is 0.739. The fourth-order valence-corrected chi connectivity index (χ4v) is 1.09. The first-order chi connectivity index (χ1) is 7.38. The number of hydrogen-bond acceptors (Lipinski definition) is 4. The van der Waals surface area contributed by atoms with Crippen LogP contribution in [0.1, 0.15) is 17.0 Å². The Morgan fingerprint density at radius 2 is 2.00 bits per heavy atom. The minimum Gasteiger partial charge on any atom is -0.342 e. The summed E-state index contributed by atoms with van der Waals surface area (Å²) in [6, 6.07) is 9.29. The van der Waals surface area contributed by atoms with Crippen molar-refractivity contribution in [3.8, 4) is 6.07 Å². The van der Waals surface area contributed by atoms with Gasteiger partial charge in [-0.2, -0.15) is 10.2 Å². The molecule has 0 radical (unpaired) electrons. The molecule has 2 aromatic rings. The van der Waals surface area contributed by atoms with Crippen LogP contribution in [0.15, 0.2) is 35.2 Å². The number of benzene rings is 1. The molecule has 0 aliphatic rings. The van der Waals surface area contributed by atoms with Gasteiger partial charge in [-0.25, -0.2) is 0 Å². The Labute approximate surface area is 86.5 Å². The van der Waals surface area contributed by atoms with Crippen LogP contribution in [-0.4, -0.2) is 10.1 Å². The van der Waals surface area contributed by atoms with Crippen LogP contribution in [0, 0.1) is 11.3 Å². The molecule has 0 bridgehead atoms. The third kappa shape index (κ3) is 2.29. The van der Waals surface area contributed by atoms with E-state index in [4.69, 9.17) is 5.26 Å². The van der Waals surface area contributed by atoms with Crippen molar-refractivity contribution in [2.75, 3.05) is 0 Å². The second-order valence-corrected chi connectivity index (χ2v) is 2.86. The van der Waals surface area contributed by atoms with Crippen molar-refractivity contribution in [1.29, 1.82) is 5.26 Å². The van der Waals surface area contributed by atoms with Gasteiger partial charge in [-0.3, -0.25) is 0 Å². The Morgan fingerprint density at radius 1 is 1.20 bits per heavy atom. The highest BCUT2D eigenvalue weighted by Crippen LogP contribution is 2.06. The lowest BCUT2D eigenvalue weighted by Crippen LogP contribution is -1.76. The van der Waals surface area contributed by atoms with E-state index in [1.54, 1.807) is 18.2 Å². The zero-order chi connectivity index (χ0) is 10.5. The molecule has 0 unspecified atom stereocenters. The SMILES string of the molecule is N#Cc1ccc(C=Cc2ncon2)cc1. The summed E-state index contributed by atoms with van der Waals surface area (Å²) in [6.07, 6.45) is 4.87. The van der Waals surface area contributed by atoms with Gasteiger partial charge in [0, 0.05) is 0 Å². The molecule has 15 heavy (non-hydrogen) atoms. The highest BCUT2D eigenvalue weighted by atomic mass is 16.5. The van der Waals surface area contributed by atoms with Crippen molar-refractivity contribution in [3.05, 3.63) is 47.6 Å². The molecule has 1 aromatic carbocycles. The monoisotopic (exact) mass is 197 g/mol. The Hall–Kier alpha value is -2.41. The average molecular weight is 197 g/mol. The van der Waals surface area contributed by atoms with Crippen LogP contribution in [0.3, 0.4) is 0 Å². The largest absolute Gasteiger partial charge is 0.342 e. The van der Waals surface area contributed by atoms with E-state index in [0.717, 1.165) is 5.56 Å². The van der Waals surface area contributed by atoms with Crippen molar-refractivity contribution in [2.24, 2.45) is 0 Å². The summed E-state index contributed by atoms with van der Waals surface area (Å²) in [5, 5.41) is 12.2. The molecule has 1 aromatic heterocycles. The molecule has 0 spiro atoms. The predicted octanol–water partition coefficient (Wildman–Crippen LogP) is 2.11. The van der Waals surface area contributed by atoms with Crippen LogP contribution in [0.5, 0.6) is 0 Å². The minimum atomic E-state index is 0.527. The molecular formula is C11H7N3O. The summed E-state index contributed by atoms with van der Waals surface area (Å²) in [6.45, 7) is 0. The van der Waals surface area contributed by atoms with Crippen LogP contribution in [0.4, 0.5) is 0 Å². The molecule has 0 aliphatic heterocycles. The van der Waals surface area contributed by atoms with E-state index in [9.17, 15) is 0 Å². The zero-order valence-corrected chi connectivity index (χ0v) is 7.79. The van der Waals surface area contributed by atoms with Gasteiger partial charge in [-0.05, 0) is 23.8 Å². The number of nitriles is 1. The molecule has 0 N–H and O–H groups in total. The van der Waals surface area contributed by atoms with Gasteiger partial charge in [0.05, 0.1) is 11.6 Å². The molecular weight excluding hydrogens is 190 g/mol. The Bertz CT molecular complexity index is 492. The maximum absolute atomic E-state index is 8.61. The molecule has 4 heteroatoms. The first kappa shape index (κ1) is 9.16. The standard InChI is InChI=1S/C11H7N3O/c12-7-10-3-1-9(2-4-10)5-6-11-13-8-15-14-11/h1-6,8H. The molecule has 2 rings (SSSR count). The van der Waals surface area contributed by atoms with Gasteiger partial charge in [0.1, 0.15) is 0 Å². The first-order valence-electron chi connectivity index (χ1n) is 4.33. The molecule has 0 amide bonds. The van der Waals surface area contributed by atoms with Gasteiger partial charge in [-0.15, -0.1) is 0 Å². The molecule has 0 aliphatic carbocycles. The molecule has 72 valence electrons. The lowest BCUT2D eigenvalue weighted by Gasteiger charge is -1.91. The van der Waals surface area contributed by atoms with Crippen LogP contribution in [0.25, 0.3) is 12.2 Å². The fourth-order valence-electron chi connectivity index (χ4n) is 1.09.